The first-order chi connectivity index (χ1) is 6.95. The van der Waals surface area contributed by atoms with Crippen molar-refractivity contribution in [3.63, 3.8) is 0 Å². The maximum Gasteiger partial charge on any atom is 0.336 e. The van der Waals surface area contributed by atoms with E-state index in [2.05, 4.69) is 0 Å². The topological polar surface area (TPSA) is 77.8 Å². The highest BCUT2D eigenvalue weighted by Gasteiger charge is 2.21. The highest BCUT2D eigenvalue weighted by molar-refractivity contribution is 6.06. The van der Waals surface area contributed by atoms with E-state index < -0.39 is 11.9 Å². The molecule has 80 valence electrons. The molecular formula is C10H11NO4. The number of phenolic OH excluding ortho intramolecular Hbond substituents is 1. The molecule has 2 N–H and O–H groups in total. The first kappa shape index (κ1) is 11.0. The molecule has 5 nitrogen and oxygen atoms in total. The lowest BCUT2D eigenvalue weighted by Gasteiger charge is -2.13. The Kier molecular flexibility index (Phi) is 2.94. The van der Waals surface area contributed by atoms with Gasteiger partial charge in [-0.25, -0.2) is 4.79 Å². The molecule has 0 unspecified atom stereocenters. The van der Waals surface area contributed by atoms with Gasteiger partial charge in [-0.1, -0.05) is 6.07 Å². The Bertz CT molecular complexity index is 412. The van der Waals surface area contributed by atoms with Gasteiger partial charge < -0.3 is 15.1 Å². The minimum Gasteiger partial charge on any atom is -0.507 e. The van der Waals surface area contributed by atoms with E-state index in [-0.39, 0.29) is 16.9 Å². The number of aromatic carboxylic acids is 1. The summed E-state index contributed by atoms with van der Waals surface area (Å²) in [6.07, 6.45) is 0. The van der Waals surface area contributed by atoms with E-state index in [0.717, 1.165) is 0 Å². The van der Waals surface area contributed by atoms with Crippen molar-refractivity contribution in [2.24, 2.45) is 0 Å². The number of amides is 1. The van der Waals surface area contributed by atoms with E-state index in [9.17, 15) is 14.7 Å². The zero-order valence-electron chi connectivity index (χ0n) is 8.39. The Balaban J connectivity index is 3.37. The van der Waals surface area contributed by atoms with Gasteiger partial charge in [0, 0.05) is 14.1 Å². The number of aromatic hydroxyl groups is 1. The molecule has 15 heavy (non-hydrogen) atoms. The number of hydrogen-bond acceptors (Lipinski definition) is 3. The molecule has 0 heterocycles. The van der Waals surface area contributed by atoms with E-state index >= 15 is 0 Å². The van der Waals surface area contributed by atoms with Crippen LogP contribution in [0.25, 0.3) is 0 Å². The number of carbonyl (C=O) groups is 2. The fourth-order valence-corrected chi connectivity index (χ4v) is 1.17. The van der Waals surface area contributed by atoms with Crippen molar-refractivity contribution in [2.45, 2.75) is 0 Å². The van der Waals surface area contributed by atoms with Gasteiger partial charge in [0.25, 0.3) is 5.91 Å². The lowest BCUT2D eigenvalue weighted by molar-refractivity contribution is 0.0684. The third kappa shape index (κ3) is 2.07. The zero-order valence-corrected chi connectivity index (χ0v) is 8.39. The van der Waals surface area contributed by atoms with Crippen LogP contribution >= 0.6 is 0 Å². The third-order valence-corrected chi connectivity index (χ3v) is 1.89. The average molecular weight is 209 g/mol. The molecule has 5 heteroatoms. The van der Waals surface area contributed by atoms with Crippen LogP contribution in [0.5, 0.6) is 5.75 Å². The fraction of sp³-hybridized carbons (Fsp3) is 0.200. The molecular weight excluding hydrogens is 198 g/mol. The number of phenols is 1. The van der Waals surface area contributed by atoms with Crippen molar-refractivity contribution in [2.75, 3.05) is 14.1 Å². The van der Waals surface area contributed by atoms with Crippen LogP contribution in [0.15, 0.2) is 18.2 Å². The highest BCUT2D eigenvalue weighted by Crippen LogP contribution is 2.22. The largest absolute Gasteiger partial charge is 0.507 e. The Labute approximate surface area is 86.6 Å². The zero-order chi connectivity index (χ0) is 11.6. The number of hydrogen-bond donors (Lipinski definition) is 2. The quantitative estimate of drug-likeness (QED) is 0.754. The monoisotopic (exact) mass is 209 g/mol. The molecule has 0 saturated carbocycles. The summed E-state index contributed by atoms with van der Waals surface area (Å²) < 4.78 is 0. The molecule has 1 aromatic carbocycles. The van der Waals surface area contributed by atoms with Crippen LogP contribution in [0, 0.1) is 0 Å². The van der Waals surface area contributed by atoms with E-state index in [1.165, 1.54) is 37.2 Å². The molecule has 0 aromatic heterocycles. The maximum absolute atomic E-state index is 11.6. The van der Waals surface area contributed by atoms with Crippen LogP contribution < -0.4 is 0 Å². The van der Waals surface area contributed by atoms with Gasteiger partial charge in [-0.3, -0.25) is 4.79 Å². The van der Waals surface area contributed by atoms with Crippen LogP contribution in [0.4, 0.5) is 0 Å². The van der Waals surface area contributed by atoms with Gasteiger partial charge in [0.2, 0.25) is 0 Å². The highest BCUT2D eigenvalue weighted by atomic mass is 16.4. The number of rotatable bonds is 2. The number of benzene rings is 1. The summed E-state index contributed by atoms with van der Waals surface area (Å²) in [5.41, 5.74) is -0.385. The van der Waals surface area contributed by atoms with E-state index in [4.69, 9.17) is 5.11 Å². The SMILES string of the molecule is CN(C)C(=O)c1c(O)cccc1C(=O)O. The Morgan fingerprint density at radius 2 is 1.87 bits per heavy atom. The van der Waals surface area contributed by atoms with E-state index in [0.29, 0.717) is 0 Å². The first-order valence-electron chi connectivity index (χ1n) is 4.22. The normalized spacial score (nSPS) is 9.73. The van der Waals surface area contributed by atoms with E-state index in [1.54, 1.807) is 0 Å². The Hall–Kier alpha value is -2.04. The van der Waals surface area contributed by atoms with Crippen LogP contribution in [-0.4, -0.2) is 41.1 Å². The lowest BCUT2D eigenvalue weighted by atomic mass is 10.1. The molecule has 0 aliphatic heterocycles. The predicted octanol–water partition coefficient (Wildman–Crippen LogP) is 0.792. The standard InChI is InChI=1S/C10H11NO4/c1-11(2)9(13)8-6(10(14)15)4-3-5-7(8)12/h3-5,12H,1-2H3,(H,14,15). The molecule has 0 fully saturated rings. The molecule has 0 aliphatic carbocycles. The summed E-state index contributed by atoms with van der Waals surface area (Å²) in [6.45, 7) is 0. The number of nitrogens with zero attached hydrogens (tertiary/aromatic N) is 1. The predicted molar refractivity (Wildman–Crippen MR) is 53.1 cm³/mol. The van der Waals surface area contributed by atoms with Crippen molar-refractivity contribution in [3.05, 3.63) is 29.3 Å². The summed E-state index contributed by atoms with van der Waals surface area (Å²) in [5.74, 6) is -2.10. The Morgan fingerprint density at radius 1 is 1.27 bits per heavy atom. The van der Waals surface area contributed by atoms with Crippen molar-refractivity contribution in [3.8, 4) is 5.75 Å². The molecule has 0 radical (unpaired) electrons. The molecule has 0 saturated heterocycles. The number of carbonyl (C=O) groups excluding carboxylic acids is 1. The number of carboxylic acid groups (broad SMARTS) is 1. The third-order valence-electron chi connectivity index (χ3n) is 1.89. The first-order valence-corrected chi connectivity index (χ1v) is 4.22. The van der Waals surface area contributed by atoms with Gasteiger partial charge in [0.15, 0.2) is 0 Å². The van der Waals surface area contributed by atoms with Gasteiger partial charge in [0.1, 0.15) is 5.75 Å². The van der Waals surface area contributed by atoms with Gasteiger partial charge in [-0.15, -0.1) is 0 Å². The smallest absolute Gasteiger partial charge is 0.336 e. The maximum atomic E-state index is 11.6. The summed E-state index contributed by atoms with van der Waals surface area (Å²) in [6, 6.07) is 3.94. The molecule has 1 aromatic rings. The number of carboxylic acids is 1. The summed E-state index contributed by atoms with van der Waals surface area (Å²) in [7, 11) is 2.97. The van der Waals surface area contributed by atoms with Gasteiger partial charge in [0.05, 0.1) is 11.1 Å². The van der Waals surface area contributed by atoms with Gasteiger partial charge in [-0.05, 0) is 12.1 Å². The van der Waals surface area contributed by atoms with Crippen LogP contribution in [0.1, 0.15) is 20.7 Å². The summed E-state index contributed by atoms with van der Waals surface area (Å²) in [4.78, 5) is 23.6. The summed E-state index contributed by atoms with van der Waals surface area (Å²) in [5, 5.41) is 18.3. The van der Waals surface area contributed by atoms with Crippen molar-refractivity contribution < 1.29 is 19.8 Å². The molecule has 1 amide bonds. The van der Waals surface area contributed by atoms with Gasteiger partial charge >= 0.3 is 5.97 Å². The van der Waals surface area contributed by atoms with E-state index in [1.807, 2.05) is 0 Å². The second kappa shape index (κ2) is 4.00. The second-order valence-corrected chi connectivity index (χ2v) is 3.20. The Morgan fingerprint density at radius 3 is 2.33 bits per heavy atom. The summed E-state index contributed by atoms with van der Waals surface area (Å²) >= 11 is 0. The molecule has 0 bridgehead atoms. The molecule has 0 atom stereocenters. The fourth-order valence-electron chi connectivity index (χ4n) is 1.17. The second-order valence-electron chi connectivity index (χ2n) is 3.20. The van der Waals surface area contributed by atoms with Crippen molar-refractivity contribution in [1.82, 2.24) is 4.90 Å². The molecule has 0 spiro atoms. The molecule has 0 aliphatic rings. The van der Waals surface area contributed by atoms with Crippen LogP contribution in [-0.2, 0) is 0 Å². The van der Waals surface area contributed by atoms with Crippen LogP contribution in [0.2, 0.25) is 0 Å². The minimum atomic E-state index is -1.24. The molecule has 1 rings (SSSR count). The lowest BCUT2D eigenvalue weighted by Crippen LogP contribution is -2.24. The van der Waals surface area contributed by atoms with Crippen molar-refractivity contribution >= 4 is 11.9 Å². The minimum absolute atomic E-state index is 0.185. The van der Waals surface area contributed by atoms with Crippen LogP contribution in [0.3, 0.4) is 0 Å². The van der Waals surface area contributed by atoms with Crippen molar-refractivity contribution in [1.29, 1.82) is 0 Å². The van der Waals surface area contributed by atoms with Gasteiger partial charge in [-0.2, -0.15) is 0 Å². The average Bonchev–Trinajstić information content (AvgIpc) is 2.16.